The Balaban J connectivity index is 1.66. The van der Waals surface area contributed by atoms with Crippen molar-refractivity contribution in [3.05, 3.63) is 48.5 Å². The standard InChI is InChI=1S/C31H29N3O4/c1-32-20-14-18-22(33(2)30-26(37-6)10-8-24(35-4)28(18)30)12-16(20)17-13-23-19(15-21(17)32)29-25(36-5)9-11-27(38-7)31(29)34(23)3/h8-15H,1-7H3. The van der Waals surface area contributed by atoms with Crippen LogP contribution in [0.25, 0.3) is 65.4 Å². The average Bonchev–Trinajstić information content (AvgIpc) is 3.51. The number of methoxy groups -OCH3 is 4. The van der Waals surface area contributed by atoms with Gasteiger partial charge in [0.1, 0.15) is 23.0 Å². The Hall–Kier alpha value is -4.52. The van der Waals surface area contributed by atoms with Crippen molar-refractivity contribution in [1.82, 2.24) is 13.7 Å². The van der Waals surface area contributed by atoms with E-state index in [0.29, 0.717) is 0 Å². The molecule has 0 N–H and O–H groups in total. The van der Waals surface area contributed by atoms with E-state index in [9.17, 15) is 0 Å². The summed E-state index contributed by atoms with van der Waals surface area (Å²) in [4.78, 5) is 0. The molecule has 0 saturated carbocycles. The van der Waals surface area contributed by atoms with Crippen LogP contribution in [0.15, 0.2) is 48.5 Å². The van der Waals surface area contributed by atoms with Crippen LogP contribution in [0.2, 0.25) is 0 Å². The minimum absolute atomic E-state index is 0.827. The van der Waals surface area contributed by atoms with Crippen molar-refractivity contribution >= 4 is 65.4 Å². The molecule has 0 atom stereocenters. The van der Waals surface area contributed by atoms with E-state index in [4.69, 9.17) is 18.9 Å². The fraction of sp³-hybridized carbons (Fsp3) is 0.226. The summed E-state index contributed by atoms with van der Waals surface area (Å²) < 4.78 is 29.7. The van der Waals surface area contributed by atoms with Crippen LogP contribution in [-0.4, -0.2) is 42.1 Å². The minimum atomic E-state index is 0.827. The van der Waals surface area contributed by atoms with Crippen molar-refractivity contribution in [2.45, 2.75) is 0 Å². The van der Waals surface area contributed by atoms with E-state index in [0.717, 1.165) is 77.6 Å². The van der Waals surface area contributed by atoms with Gasteiger partial charge in [-0.2, -0.15) is 0 Å². The summed E-state index contributed by atoms with van der Waals surface area (Å²) in [5, 5.41) is 6.79. The second-order valence-electron chi connectivity index (χ2n) is 9.84. The number of hydrogen-bond donors (Lipinski definition) is 0. The quantitative estimate of drug-likeness (QED) is 0.267. The lowest BCUT2D eigenvalue weighted by atomic mass is 10.1. The lowest BCUT2D eigenvalue weighted by Gasteiger charge is -2.08. The Kier molecular flexibility index (Phi) is 4.62. The van der Waals surface area contributed by atoms with Gasteiger partial charge in [-0.1, -0.05) is 0 Å². The van der Waals surface area contributed by atoms with E-state index >= 15 is 0 Å². The molecule has 4 aromatic carbocycles. The van der Waals surface area contributed by atoms with Gasteiger partial charge in [-0.25, -0.2) is 0 Å². The summed E-state index contributed by atoms with van der Waals surface area (Å²) in [6.45, 7) is 0. The molecule has 7 rings (SSSR count). The van der Waals surface area contributed by atoms with Crippen LogP contribution in [0.3, 0.4) is 0 Å². The largest absolute Gasteiger partial charge is 0.496 e. The molecule has 0 aliphatic carbocycles. The van der Waals surface area contributed by atoms with E-state index < -0.39 is 0 Å². The average molecular weight is 508 g/mol. The van der Waals surface area contributed by atoms with Crippen molar-refractivity contribution in [2.24, 2.45) is 21.1 Å². The summed E-state index contributed by atoms with van der Waals surface area (Å²) in [5.74, 6) is 3.33. The molecule has 0 aliphatic rings. The highest BCUT2D eigenvalue weighted by atomic mass is 16.5. The number of benzene rings is 4. The number of ether oxygens (including phenoxy) is 4. The maximum atomic E-state index is 5.79. The van der Waals surface area contributed by atoms with Gasteiger partial charge in [0.25, 0.3) is 0 Å². The van der Waals surface area contributed by atoms with Gasteiger partial charge in [-0.15, -0.1) is 0 Å². The van der Waals surface area contributed by atoms with Gasteiger partial charge in [-0.05, 0) is 48.5 Å². The van der Waals surface area contributed by atoms with Crippen molar-refractivity contribution in [1.29, 1.82) is 0 Å². The number of hydrogen-bond acceptors (Lipinski definition) is 4. The van der Waals surface area contributed by atoms with Gasteiger partial charge in [0.15, 0.2) is 0 Å². The summed E-state index contributed by atoms with van der Waals surface area (Å²) in [6.07, 6.45) is 0. The first-order valence-corrected chi connectivity index (χ1v) is 12.5. The topological polar surface area (TPSA) is 51.7 Å². The minimum Gasteiger partial charge on any atom is -0.496 e. The van der Waals surface area contributed by atoms with Gasteiger partial charge in [0.2, 0.25) is 0 Å². The lowest BCUT2D eigenvalue weighted by molar-refractivity contribution is 0.409. The molecular weight excluding hydrogens is 478 g/mol. The highest BCUT2D eigenvalue weighted by molar-refractivity contribution is 6.23. The molecule has 3 aromatic heterocycles. The molecule has 0 aliphatic heterocycles. The first-order valence-electron chi connectivity index (χ1n) is 12.5. The third-order valence-electron chi connectivity index (χ3n) is 8.26. The number of nitrogens with zero attached hydrogens (tertiary/aromatic N) is 3. The summed E-state index contributed by atoms with van der Waals surface area (Å²) in [7, 11) is 13.2. The van der Waals surface area contributed by atoms with Gasteiger partial charge in [-0.3, -0.25) is 0 Å². The second kappa shape index (κ2) is 7.74. The van der Waals surface area contributed by atoms with Crippen LogP contribution in [-0.2, 0) is 21.1 Å². The Morgan fingerprint density at radius 2 is 0.737 bits per heavy atom. The predicted octanol–water partition coefficient (Wildman–Crippen LogP) is 6.66. The molecule has 7 heteroatoms. The number of rotatable bonds is 4. The van der Waals surface area contributed by atoms with Crippen LogP contribution in [0.4, 0.5) is 0 Å². The molecular formula is C31H29N3O4. The monoisotopic (exact) mass is 507 g/mol. The van der Waals surface area contributed by atoms with Crippen molar-refractivity contribution < 1.29 is 18.9 Å². The van der Waals surface area contributed by atoms with Gasteiger partial charge in [0.05, 0.1) is 50.2 Å². The van der Waals surface area contributed by atoms with Crippen LogP contribution in [0.1, 0.15) is 0 Å². The zero-order valence-electron chi connectivity index (χ0n) is 22.6. The number of aryl methyl sites for hydroxylation is 3. The molecule has 7 aromatic rings. The van der Waals surface area contributed by atoms with E-state index in [1.807, 2.05) is 24.3 Å². The Labute approximate surface area is 219 Å². The molecule has 3 heterocycles. The zero-order chi connectivity index (χ0) is 26.5. The van der Waals surface area contributed by atoms with Gasteiger partial charge < -0.3 is 32.6 Å². The third-order valence-corrected chi connectivity index (χ3v) is 8.26. The molecule has 0 saturated heterocycles. The Bertz CT molecular complexity index is 1960. The molecule has 0 amide bonds. The summed E-state index contributed by atoms with van der Waals surface area (Å²) in [5.41, 5.74) is 6.63. The molecule has 0 bridgehead atoms. The first kappa shape index (κ1) is 22.7. The molecule has 0 spiro atoms. The van der Waals surface area contributed by atoms with Gasteiger partial charge >= 0.3 is 0 Å². The molecule has 7 nitrogen and oxygen atoms in total. The maximum absolute atomic E-state index is 5.79. The van der Waals surface area contributed by atoms with Crippen molar-refractivity contribution in [3.8, 4) is 23.0 Å². The molecule has 38 heavy (non-hydrogen) atoms. The van der Waals surface area contributed by atoms with Crippen molar-refractivity contribution in [3.63, 3.8) is 0 Å². The van der Waals surface area contributed by atoms with Crippen LogP contribution in [0, 0.1) is 0 Å². The second-order valence-corrected chi connectivity index (χ2v) is 9.84. The van der Waals surface area contributed by atoms with Crippen LogP contribution in [0.5, 0.6) is 23.0 Å². The lowest BCUT2D eigenvalue weighted by Crippen LogP contribution is -1.92. The first-order chi connectivity index (χ1) is 18.4. The molecule has 0 fully saturated rings. The van der Waals surface area contributed by atoms with Crippen molar-refractivity contribution in [2.75, 3.05) is 28.4 Å². The highest BCUT2D eigenvalue weighted by Gasteiger charge is 2.22. The maximum Gasteiger partial charge on any atom is 0.143 e. The fourth-order valence-corrected chi connectivity index (χ4v) is 6.43. The summed E-state index contributed by atoms with van der Waals surface area (Å²) >= 11 is 0. The molecule has 192 valence electrons. The van der Waals surface area contributed by atoms with E-state index in [2.05, 4.69) is 59.1 Å². The smallest absolute Gasteiger partial charge is 0.143 e. The molecule has 0 radical (unpaired) electrons. The van der Waals surface area contributed by atoms with Crippen LogP contribution >= 0.6 is 0 Å². The normalized spacial score (nSPS) is 12.1. The van der Waals surface area contributed by atoms with Gasteiger partial charge in [0, 0.05) is 64.8 Å². The fourth-order valence-electron chi connectivity index (χ4n) is 6.43. The van der Waals surface area contributed by atoms with E-state index in [-0.39, 0.29) is 0 Å². The predicted molar refractivity (Wildman–Crippen MR) is 155 cm³/mol. The van der Waals surface area contributed by atoms with E-state index in [1.165, 1.54) is 10.8 Å². The SMILES string of the molecule is COc1ccc(OC)c2c1c1cc3c(cc1n2C)c1cc2c(cc1n3C)c1c(OC)ccc(OC)c1n2C. The third kappa shape index (κ3) is 2.63. The summed E-state index contributed by atoms with van der Waals surface area (Å²) in [6, 6.07) is 17.0. The Morgan fingerprint density at radius 3 is 1.11 bits per heavy atom. The number of fused-ring (bicyclic) bond motifs is 9. The molecule has 0 unspecified atom stereocenters. The Morgan fingerprint density at radius 1 is 0.421 bits per heavy atom. The van der Waals surface area contributed by atoms with E-state index in [1.54, 1.807) is 28.4 Å². The number of aromatic nitrogens is 3. The highest BCUT2D eigenvalue weighted by Crippen LogP contribution is 2.45. The van der Waals surface area contributed by atoms with Crippen LogP contribution < -0.4 is 18.9 Å². The zero-order valence-corrected chi connectivity index (χ0v) is 22.6.